The van der Waals surface area contributed by atoms with E-state index in [1.807, 2.05) is 42.5 Å². The van der Waals surface area contributed by atoms with Gasteiger partial charge in [0, 0.05) is 6.42 Å². The van der Waals surface area contributed by atoms with Gasteiger partial charge in [0.1, 0.15) is 29.4 Å². The van der Waals surface area contributed by atoms with Crippen molar-refractivity contribution in [1.82, 2.24) is 19.7 Å². The number of nitrogens with two attached hydrogens (primary N) is 1. The molecular formula is C34H41N6O4P. The van der Waals surface area contributed by atoms with E-state index in [4.69, 9.17) is 19.5 Å². The minimum absolute atomic E-state index is 0.0109. The molecule has 236 valence electrons. The number of rotatable bonds is 13. The van der Waals surface area contributed by atoms with Gasteiger partial charge in [-0.05, 0) is 66.0 Å². The molecule has 1 aliphatic heterocycles. The van der Waals surface area contributed by atoms with Gasteiger partial charge in [-0.3, -0.25) is 4.79 Å². The molecule has 0 saturated carbocycles. The van der Waals surface area contributed by atoms with E-state index >= 15 is 0 Å². The number of nitriles is 1. The normalized spacial score (nSPS) is 19.7. The Hall–Kier alpha value is -3.87. The van der Waals surface area contributed by atoms with Crippen LogP contribution >= 0.6 is 8.53 Å². The second-order valence-electron chi connectivity index (χ2n) is 12.7. The van der Waals surface area contributed by atoms with Gasteiger partial charge in [0.2, 0.25) is 0 Å². The molecule has 5 rings (SSSR count). The van der Waals surface area contributed by atoms with Crippen molar-refractivity contribution < 1.29 is 18.6 Å². The number of ether oxygens (including phenoxy) is 1. The number of hydrogen-bond donors (Lipinski definition) is 2. The van der Waals surface area contributed by atoms with Crippen molar-refractivity contribution in [3.63, 3.8) is 0 Å². The van der Waals surface area contributed by atoms with Crippen LogP contribution in [0, 0.1) is 17.2 Å². The summed E-state index contributed by atoms with van der Waals surface area (Å²) < 4.78 is 20.4. The Bertz CT molecular complexity index is 1630. The van der Waals surface area contributed by atoms with Crippen LogP contribution in [0.5, 0.6) is 5.75 Å². The summed E-state index contributed by atoms with van der Waals surface area (Å²) in [6.07, 6.45) is 3.34. The van der Waals surface area contributed by atoms with Gasteiger partial charge in [-0.25, -0.2) is 14.6 Å². The number of carbonyl (C=O) groups is 1. The van der Waals surface area contributed by atoms with Crippen molar-refractivity contribution in [3.8, 4) is 11.8 Å². The molecule has 4 unspecified atom stereocenters. The molecule has 1 aliphatic rings. The van der Waals surface area contributed by atoms with Crippen molar-refractivity contribution >= 4 is 25.6 Å². The van der Waals surface area contributed by atoms with Crippen LogP contribution in [0.4, 0.5) is 5.82 Å². The summed E-state index contributed by atoms with van der Waals surface area (Å²) in [5.74, 6) is 1.26. The summed E-state index contributed by atoms with van der Waals surface area (Å²) in [6, 6.07) is 24.1. The van der Waals surface area contributed by atoms with Crippen molar-refractivity contribution in [2.75, 3.05) is 18.9 Å². The summed E-state index contributed by atoms with van der Waals surface area (Å²) in [4.78, 5) is 17.0. The van der Waals surface area contributed by atoms with Crippen molar-refractivity contribution in [2.24, 2.45) is 5.92 Å². The molecule has 0 bridgehead atoms. The van der Waals surface area contributed by atoms with Crippen LogP contribution in [-0.2, 0) is 31.5 Å². The largest absolute Gasteiger partial charge is 0.436 e. The first-order valence-electron chi connectivity index (χ1n) is 15.2. The standard InChI is InChI=1S/C34H41N6O4P/c1-24(18-25-8-6-5-7-9-25)19-27(41)20-39-45(44-28-12-10-26(11-13-28)33(2,3)4)42-21-29-16-17-34(22-35,43-29)31-15-14-30-32(36)37-23-38-40(30)31/h5-15,23-24,29,39H,16-21H2,1-4H3,(H2,36,37,38). The van der Waals surface area contributed by atoms with E-state index in [1.54, 1.807) is 16.6 Å². The average Bonchev–Trinajstić information content (AvgIpc) is 3.65. The number of anilines is 1. The number of nitrogens with zero attached hydrogens (tertiary/aromatic N) is 4. The van der Waals surface area contributed by atoms with Crippen LogP contribution in [0.1, 0.15) is 63.8 Å². The van der Waals surface area contributed by atoms with E-state index in [2.05, 4.69) is 61.1 Å². The Balaban J connectivity index is 1.23. The fraction of sp³-hybridized carbons (Fsp3) is 0.412. The van der Waals surface area contributed by atoms with Crippen molar-refractivity contribution in [1.29, 1.82) is 5.26 Å². The Labute approximate surface area is 265 Å². The molecule has 1 saturated heterocycles. The minimum Gasteiger partial charge on any atom is -0.436 e. The number of benzene rings is 2. The van der Waals surface area contributed by atoms with Crippen LogP contribution in [0.25, 0.3) is 5.52 Å². The summed E-state index contributed by atoms with van der Waals surface area (Å²) >= 11 is 0. The van der Waals surface area contributed by atoms with Crippen LogP contribution < -0.4 is 15.3 Å². The van der Waals surface area contributed by atoms with E-state index in [1.165, 1.54) is 17.5 Å². The van der Waals surface area contributed by atoms with Gasteiger partial charge >= 0.3 is 8.53 Å². The molecule has 4 atom stereocenters. The van der Waals surface area contributed by atoms with Gasteiger partial charge in [-0.15, -0.1) is 0 Å². The van der Waals surface area contributed by atoms with Gasteiger partial charge in [0.05, 0.1) is 24.9 Å². The maximum atomic E-state index is 13.0. The lowest BCUT2D eigenvalue weighted by atomic mass is 9.87. The number of Topliss-reactive ketones (excluding diaryl/α,β-unsaturated/α-hetero) is 1. The maximum Gasteiger partial charge on any atom is 0.318 e. The first-order chi connectivity index (χ1) is 21.6. The number of nitrogen functional groups attached to an aromatic ring is 1. The second-order valence-corrected chi connectivity index (χ2v) is 13.9. The third-order valence-electron chi connectivity index (χ3n) is 7.96. The van der Waals surface area contributed by atoms with Crippen LogP contribution in [0.3, 0.4) is 0 Å². The van der Waals surface area contributed by atoms with Gasteiger partial charge < -0.3 is 19.5 Å². The second kappa shape index (κ2) is 14.1. The summed E-state index contributed by atoms with van der Waals surface area (Å²) in [7, 11) is -1.69. The number of fused-ring (bicyclic) bond motifs is 1. The Morgan fingerprint density at radius 3 is 2.67 bits per heavy atom. The van der Waals surface area contributed by atoms with Gasteiger partial charge in [-0.2, -0.15) is 10.4 Å². The third-order valence-corrected chi connectivity index (χ3v) is 9.13. The molecule has 0 spiro atoms. The minimum atomic E-state index is -1.69. The molecule has 4 aromatic rings. The molecule has 11 heteroatoms. The molecule has 45 heavy (non-hydrogen) atoms. The van der Waals surface area contributed by atoms with Crippen LogP contribution in [0.2, 0.25) is 0 Å². The van der Waals surface area contributed by atoms with E-state index in [9.17, 15) is 10.1 Å². The average molecular weight is 629 g/mol. The number of carbonyl (C=O) groups excluding carboxylic acids is 1. The monoisotopic (exact) mass is 628 g/mol. The molecule has 2 aromatic carbocycles. The zero-order chi connectivity index (χ0) is 32.0. The number of aromatic nitrogens is 3. The van der Waals surface area contributed by atoms with Gasteiger partial charge in [0.25, 0.3) is 0 Å². The number of hydrogen-bond acceptors (Lipinski definition) is 9. The number of nitrogens with one attached hydrogen (secondary N) is 1. The summed E-state index contributed by atoms with van der Waals surface area (Å²) in [5, 5.41) is 17.7. The highest BCUT2D eigenvalue weighted by molar-refractivity contribution is 7.45. The molecule has 2 aromatic heterocycles. The van der Waals surface area contributed by atoms with Crippen molar-refractivity contribution in [2.45, 2.75) is 70.5 Å². The lowest BCUT2D eigenvalue weighted by Crippen LogP contribution is -2.29. The summed E-state index contributed by atoms with van der Waals surface area (Å²) in [6.45, 7) is 8.87. The highest BCUT2D eigenvalue weighted by Gasteiger charge is 2.45. The lowest BCUT2D eigenvalue weighted by Gasteiger charge is -2.24. The predicted molar refractivity (Wildman–Crippen MR) is 174 cm³/mol. The lowest BCUT2D eigenvalue weighted by molar-refractivity contribution is -0.118. The first kappa shape index (κ1) is 32.5. The van der Waals surface area contributed by atoms with E-state index < -0.39 is 14.1 Å². The zero-order valence-electron chi connectivity index (χ0n) is 26.3. The SMILES string of the molecule is CC(CC(=O)CNP(OCC1CCC(C#N)(c2ccc3c(N)ncnn23)O1)Oc1ccc(C(C)(C)C)cc1)Cc1ccccc1. The van der Waals surface area contributed by atoms with E-state index in [-0.39, 0.29) is 36.4 Å². The Kier molecular flexibility index (Phi) is 10.2. The molecule has 0 amide bonds. The van der Waals surface area contributed by atoms with Gasteiger partial charge in [-0.1, -0.05) is 70.2 Å². The predicted octanol–water partition coefficient (Wildman–Crippen LogP) is 6.26. The van der Waals surface area contributed by atoms with Gasteiger partial charge in [0.15, 0.2) is 11.4 Å². The van der Waals surface area contributed by atoms with Crippen molar-refractivity contribution in [3.05, 3.63) is 89.9 Å². The van der Waals surface area contributed by atoms with Crippen LogP contribution in [0.15, 0.2) is 73.1 Å². The molecule has 1 fully saturated rings. The Morgan fingerprint density at radius 1 is 1.20 bits per heavy atom. The zero-order valence-corrected chi connectivity index (χ0v) is 27.2. The topological polar surface area (TPSA) is 137 Å². The smallest absolute Gasteiger partial charge is 0.318 e. The highest BCUT2D eigenvalue weighted by Crippen LogP contribution is 2.42. The van der Waals surface area contributed by atoms with Crippen LogP contribution in [-0.4, -0.2) is 39.6 Å². The molecule has 3 N–H and O–H groups in total. The van der Waals surface area contributed by atoms with E-state index in [0.29, 0.717) is 42.0 Å². The Morgan fingerprint density at radius 2 is 1.96 bits per heavy atom. The molecule has 10 nitrogen and oxygen atoms in total. The molecular weight excluding hydrogens is 587 g/mol. The third kappa shape index (κ3) is 8.05. The highest BCUT2D eigenvalue weighted by atomic mass is 31.2. The van der Waals surface area contributed by atoms with E-state index in [0.717, 1.165) is 6.42 Å². The first-order valence-corrected chi connectivity index (χ1v) is 16.4. The molecule has 3 heterocycles. The quantitative estimate of drug-likeness (QED) is 0.164. The molecule has 0 radical (unpaired) electrons. The fourth-order valence-electron chi connectivity index (χ4n) is 5.54. The summed E-state index contributed by atoms with van der Waals surface area (Å²) in [5.41, 5.74) is 8.43. The number of ketones is 1. The molecule has 0 aliphatic carbocycles. The fourth-order valence-corrected chi connectivity index (χ4v) is 6.67. The maximum absolute atomic E-state index is 13.0.